The highest BCUT2D eigenvalue weighted by Gasteiger charge is 2.03. The number of benzene rings is 1. The number of hydrogen-bond donors (Lipinski definition) is 0. The maximum Gasteiger partial charge on any atom is 0.136 e. The molecule has 0 aromatic heterocycles. The Kier molecular flexibility index (Phi) is 3.69. The van der Waals surface area contributed by atoms with Crippen molar-refractivity contribution in [2.24, 2.45) is 0 Å². The van der Waals surface area contributed by atoms with E-state index in [0.29, 0.717) is 12.4 Å². The van der Waals surface area contributed by atoms with Crippen molar-refractivity contribution in [1.82, 2.24) is 0 Å². The highest BCUT2D eigenvalue weighted by Crippen LogP contribution is 2.32. The minimum Gasteiger partial charge on any atom is -0.493 e. The van der Waals surface area contributed by atoms with Gasteiger partial charge in [-0.1, -0.05) is 0 Å². The molecule has 0 aliphatic carbocycles. The summed E-state index contributed by atoms with van der Waals surface area (Å²) in [5.74, 6) is 0.186. The molecule has 4 heteroatoms. The standard InChI is InChI=1S/C8H8ClFOS/c1-2-11-7-5-6(10)3-4-8(7)12-9/h3-5H,2H2,1H3. The van der Waals surface area contributed by atoms with E-state index in [2.05, 4.69) is 0 Å². The maximum atomic E-state index is 12.7. The van der Waals surface area contributed by atoms with Crippen molar-refractivity contribution in [2.75, 3.05) is 6.61 Å². The second kappa shape index (κ2) is 4.58. The van der Waals surface area contributed by atoms with Crippen molar-refractivity contribution in [1.29, 1.82) is 0 Å². The predicted octanol–water partition coefficient (Wildman–Crippen LogP) is 3.47. The van der Waals surface area contributed by atoms with Crippen LogP contribution < -0.4 is 4.74 Å². The summed E-state index contributed by atoms with van der Waals surface area (Å²) in [7, 11) is 6.56. The number of halogens is 2. The van der Waals surface area contributed by atoms with E-state index in [-0.39, 0.29) is 5.82 Å². The summed E-state index contributed by atoms with van der Waals surface area (Å²) in [5.41, 5.74) is 0. The second-order valence-corrected chi connectivity index (χ2v) is 3.16. The molecule has 12 heavy (non-hydrogen) atoms. The zero-order chi connectivity index (χ0) is 8.97. The van der Waals surface area contributed by atoms with Crippen LogP contribution in [-0.4, -0.2) is 6.61 Å². The molecule has 0 heterocycles. The average molecular weight is 207 g/mol. The lowest BCUT2D eigenvalue weighted by atomic mass is 10.3. The molecule has 66 valence electrons. The van der Waals surface area contributed by atoms with Crippen LogP contribution in [0.1, 0.15) is 6.92 Å². The summed E-state index contributed by atoms with van der Waals surface area (Å²) >= 11 is 0. The van der Waals surface area contributed by atoms with Crippen LogP contribution in [0.15, 0.2) is 23.1 Å². The van der Waals surface area contributed by atoms with E-state index < -0.39 is 0 Å². The average Bonchev–Trinajstić information content (AvgIpc) is 2.05. The lowest BCUT2D eigenvalue weighted by Gasteiger charge is -2.06. The van der Waals surface area contributed by atoms with Gasteiger partial charge in [-0.25, -0.2) is 4.39 Å². The molecular formula is C8H8ClFOS. The summed E-state index contributed by atoms with van der Waals surface area (Å²) in [6.45, 7) is 2.35. The zero-order valence-corrected chi connectivity index (χ0v) is 8.08. The number of hydrogen-bond acceptors (Lipinski definition) is 2. The molecule has 1 aromatic rings. The Bertz CT molecular complexity index is 267. The van der Waals surface area contributed by atoms with Crippen LogP contribution in [0.25, 0.3) is 0 Å². The summed E-state index contributed by atoms with van der Waals surface area (Å²) in [5, 5.41) is 0. The van der Waals surface area contributed by atoms with Gasteiger partial charge in [-0.15, -0.1) is 0 Å². The summed E-state index contributed by atoms with van der Waals surface area (Å²) in [4.78, 5) is 0.736. The van der Waals surface area contributed by atoms with Gasteiger partial charge in [-0.2, -0.15) is 0 Å². The van der Waals surface area contributed by atoms with Gasteiger partial charge in [0.1, 0.15) is 11.6 Å². The smallest absolute Gasteiger partial charge is 0.136 e. The molecule has 0 spiro atoms. The van der Waals surface area contributed by atoms with Crippen LogP contribution in [0.2, 0.25) is 0 Å². The van der Waals surface area contributed by atoms with Crippen LogP contribution in [0.3, 0.4) is 0 Å². The quantitative estimate of drug-likeness (QED) is 0.749. The second-order valence-electron chi connectivity index (χ2n) is 2.10. The minimum absolute atomic E-state index is 0.312. The Morgan fingerprint density at radius 1 is 1.58 bits per heavy atom. The van der Waals surface area contributed by atoms with Crippen LogP contribution in [0.4, 0.5) is 4.39 Å². The fraction of sp³-hybridized carbons (Fsp3) is 0.250. The molecule has 1 aromatic carbocycles. The van der Waals surface area contributed by atoms with Crippen LogP contribution in [-0.2, 0) is 0 Å². The fourth-order valence-electron chi connectivity index (χ4n) is 0.814. The molecule has 0 saturated carbocycles. The van der Waals surface area contributed by atoms with E-state index in [1.165, 1.54) is 12.1 Å². The normalized spacial score (nSPS) is 9.92. The van der Waals surface area contributed by atoms with Crippen LogP contribution >= 0.6 is 21.7 Å². The molecule has 1 nitrogen and oxygen atoms in total. The van der Waals surface area contributed by atoms with E-state index in [4.69, 9.17) is 15.4 Å². The maximum absolute atomic E-state index is 12.7. The third-order valence-corrected chi connectivity index (χ3v) is 2.29. The van der Waals surface area contributed by atoms with Gasteiger partial charge in [0.2, 0.25) is 0 Å². The van der Waals surface area contributed by atoms with Crippen molar-refractivity contribution in [2.45, 2.75) is 11.8 Å². The topological polar surface area (TPSA) is 9.23 Å². The van der Waals surface area contributed by atoms with Gasteiger partial charge in [-0.3, -0.25) is 0 Å². The van der Waals surface area contributed by atoms with Crippen molar-refractivity contribution in [3.63, 3.8) is 0 Å². The first-order chi connectivity index (χ1) is 5.77. The van der Waals surface area contributed by atoms with Gasteiger partial charge in [0.25, 0.3) is 0 Å². The first-order valence-corrected chi connectivity index (χ1v) is 5.13. The Morgan fingerprint density at radius 3 is 2.92 bits per heavy atom. The molecule has 0 saturated heterocycles. The third-order valence-electron chi connectivity index (χ3n) is 1.29. The van der Waals surface area contributed by atoms with E-state index >= 15 is 0 Å². The molecule has 0 unspecified atom stereocenters. The Labute approximate surface area is 79.4 Å². The fourth-order valence-corrected chi connectivity index (χ4v) is 1.51. The van der Waals surface area contributed by atoms with Gasteiger partial charge in [-0.05, 0) is 40.7 Å². The van der Waals surface area contributed by atoms with Gasteiger partial charge >= 0.3 is 0 Å². The van der Waals surface area contributed by atoms with E-state index in [0.717, 1.165) is 15.9 Å². The van der Waals surface area contributed by atoms with Crippen molar-refractivity contribution in [3.8, 4) is 5.75 Å². The SMILES string of the molecule is CCOc1cc(F)ccc1SCl. The molecule has 0 radical (unpaired) electrons. The van der Waals surface area contributed by atoms with Gasteiger partial charge in [0.15, 0.2) is 0 Å². The molecule has 0 fully saturated rings. The molecule has 0 bridgehead atoms. The van der Waals surface area contributed by atoms with E-state index in [1.807, 2.05) is 6.92 Å². The largest absolute Gasteiger partial charge is 0.493 e. The molecule has 1 rings (SSSR count). The predicted molar refractivity (Wildman–Crippen MR) is 49.3 cm³/mol. The minimum atomic E-state index is -0.312. The van der Waals surface area contributed by atoms with Gasteiger partial charge in [0, 0.05) is 6.07 Å². The first kappa shape index (κ1) is 9.68. The Balaban J connectivity index is 2.95. The molecule has 0 amide bonds. The van der Waals surface area contributed by atoms with Crippen molar-refractivity contribution >= 4 is 21.7 Å². The zero-order valence-electron chi connectivity index (χ0n) is 6.51. The van der Waals surface area contributed by atoms with E-state index in [1.54, 1.807) is 6.07 Å². The van der Waals surface area contributed by atoms with E-state index in [9.17, 15) is 4.39 Å². The van der Waals surface area contributed by atoms with Crippen LogP contribution in [0.5, 0.6) is 5.75 Å². The first-order valence-electron chi connectivity index (χ1n) is 3.49. The van der Waals surface area contributed by atoms with Gasteiger partial charge in [0.05, 0.1) is 11.5 Å². The molecule has 0 atom stereocenters. The lowest BCUT2D eigenvalue weighted by molar-refractivity contribution is 0.330. The Morgan fingerprint density at radius 2 is 2.33 bits per heavy atom. The number of ether oxygens (including phenoxy) is 1. The van der Waals surface area contributed by atoms with Crippen LogP contribution in [0, 0.1) is 5.82 Å². The van der Waals surface area contributed by atoms with Crippen molar-refractivity contribution in [3.05, 3.63) is 24.0 Å². The monoisotopic (exact) mass is 206 g/mol. The Hall–Kier alpha value is -0.410. The third kappa shape index (κ3) is 2.29. The van der Waals surface area contributed by atoms with Crippen molar-refractivity contribution < 1.29 is 9.13 Å². The molecule has 0 N–H and O–H groups in total. The number of rotatable bonds is 3. The summed E-state index contributed by atoms with van der Waals surface area (Å²) in [6, 6.07) is 4.28. The highest BCUT2D eigenvalue weighted by molar-refractivity contribution is 8.21. The molecule has 0 aliphatic rings. The summed E-state index contributed by atoms with van der Waals surface area (Å²) in [6.07, 6.45) is 0. The molecular weight excluding hydrogens is 199 g/mol. The highest BCUT2D eigenvalue weighted by atomic mass is 35.7. The molecule has 0 aliphatic heterocycles. The lowest BCUT2D eigenvalue weighted by Crippen LogP contribution is -1.93. The van der Waals surface area contributed by atoms with Gasteiger partial charge < -0.3 is 4.74 Å². The summed E-state index contributed by atoms with van der Waals surface area (Å²) < 4.78 is 17.8.